The fourth-order valence-electron chi connectivity index (χ4n) is 3.34. The van der Waals surface area contributed by atoms with Crippen LogP contribution in [0.5, 0.6) is 0 Å². The molecule has 1 atom stereocenters. The molecule has 130 valence electrons. The van der Waals surface area contributed by atoms with Crippen LogP contribution in [-0.2, 0) is 4.79 Å². The van der Waals surface area contributed by atoms with Crippen LogP contribution < -0.4 is 10.2 Å². The van der Waals surface area contributed by atoms with Crippen LogP contribution in [0.4, 0.5) is 5.69 Å². The highest BCUT2D eigenvalue weighted by molar-refractivity contribution is 5.95. The maximum absolute atomic E-state index is 12.8. The Hall–Kier alpha value is -1.10. The molecule has 0 spiro atoms. The molecule has 23 heavy (non-hydrogen) atoms. The molecule has 1 aromatic carbocycles. The summed E-state index contributed by atoms with van der Waals surface area (Å²) in [6, 6.07) is 10.2. The molecule has 1 saturated heterocycles. The van der Waals surface area contributed by atoms with E-state index in [-0.39, 0.29) is 24.4 Å². The molecule has 2 rings (SSSR count). The van der Waals surface area contributed by atoms with Gasteiger partial charge in [-0.15, -0.1) is 12.4 Å². The first kappa shape index (κ1) is 19.9. The number of anilines is 1. The first-order chi connectivity index (χ1) is 10.6. The van der Waals surface area contributed by atoms with E-state index in [0.717, 1.165) is 25.3 Å². The van der Waals surface area contributed by atoms with Gasteiger partial charge in [0.05, 0.1) is 6.54 Å². The van der Waals surface area contributed by atoms with Gasteiger partial charge in [0.25, 0.3) is 0 Å². The second-order valence-electron chi connectivity index (χ2n) is 6.49. The van der Waals surface area contributed by atoms with Crippen LogP contribution in [0.2, 0.25) is 0 Å². The van der Waals surface area contributed by atoms with Crippen LogP contribution >= 0.6 is 12.4 Å². The molecule has 1 amide bonds. The Morgan fingerprint density at radius 2 is 2.04 bits per heavy atom. The van der Waals surface area contributed by atoms with E-state index in [9.17, 15) is 4.79 Å². The van der Waals surface area contributed by atoms with Gasteiger partial charge in [-0.1, -0.05) is 18.2 Å². The van der Waals surface area contributed by atoms with Gasteiger partial charge in [-0.25, -0.2) is 0 Å². The average Bonchev–Trinajstić information content (AvgIpc) is 2.48. The monoisotopic (exact) mass is 339 g/mol. The maximum Gasteiger partial charge on any atom is 0.241 e. The molecule has 0 aromatic heterocycles. The summed E-state index contributed by atoms with van der Waals surface area (Å²) in [6.45, 7) is 7.76. The summed E-state index contributed by atoms with van der Waals surface area (Å²) < 4.78 is 0. The third-order valence-corrected chi connectivity index (χ3v) is 4.27. The normalized spacial score (nSPS) is 18.5. The van der Waals surface area contributed by atoms with Crippen molar-refractivity contribution in [1.82, 2.24) is 10.2 Å². The number of piperidine rings is 1. The van der Waals surface area contributed by atoms with Crippen molar-refractivity contribution in [1.29, 1.82) is 0 Å². The second-order valence-corrected chi connectivity index (χ2v) is 6.49. The molecule has 5 heteroatoms. The number of benzene rings is 1. The smallest absolute Gasteiger partial charge is 0.241 e. The van der Waals surface area contributed by atoms with Crippen LogP contribution in [-0.4, -0.2) is 50.1 Å². The van der Waals surface area contributed by atoms with Crippen molar-refractivity contribution in [3.05, 3.63) is 30.3 Å². The maximum atomic E-state index is 12.8. The molecule has 1 fully saturated rings. The fourth-order valence-corrected chi connectivity index (χ4v) is 3.34. The lowest BCUT2D eigenvalue weighted by molar-refractivity contribution is -0.120. The third kappa shape index (κ3) is 5.79. The van der Waals surface area contributed by atoms with E-state index in [1.54, 1.807) is 0 Å². The molecular weight excluding hydrogens is 310 g/mol. The minimum Gasteiger partial charge on any atom is -0.319 e. The van der Waals surface area contributed by atoms with Crippen molar-refractivity contribution in [2.75, 3.05) is 38.1 Å². The number of para-hydroxylation sites is 1. The fraction of sp³-hybridized carbons (Fsp3) is 0.611. The minimum absolute atomic E-state index is 0. The van der Waals surface area contributed by atoms with Gasteiger partial charge >= 0.3 is 0 Å². The van der Waals surface area contributed by atoms with Gasteiger partial charge in [-0.2, -0.15) is 0 Å². The molecule has 4 nitrogen and oxygen atoms in total. The number of hydrogen-bond donors (Lipinski definition) is 1. The number of nitrogens with zero attached hydrogens (tertiary/aromatic N) is 2. The Morgan fingerprint density at radius 1 is 1.35 bits per heavy atom. The Morgan fingerprint density at radius 3 is 2.65 bits per heavy atom. The van der Waals surface area contributed by atoms with Gasteiger partial charge in [0.2, 0.25) is 5.91 Å². The predicted octanol–water partition coefficient (Wildman–Crippen LogP) is 2.78. The molecule has 1 aromatic rings. The number of carbonyl (C=O) groups is 1. The van der Waals surface area contributed by atoms with Crippen molar-refractivity contribution in [2.45, 2.75) is 32.7 Å². The topological polar surface area (TPSA) is 35.6 Å². The van der Waals surface area contributed by atoms with Crippen LogP contribution in [0.15, 0.2) is 30.3 Å². The highest BCUT2D eigenvalue weighted by Gasteiger charge is 2.25. The zero-order chi connectivity index (χ0) is 15.9. The van der Waals surface area contributed by atoms with E-state index in [1.807, 2.05) is 42.3 Å². The van der Waals surface area contributed by atoms with Crippen molar-refractivity contribution in [3.8, 4) is 0 Å². The zero-order valence-electron chi connectivity index (χ0n) is 14.5. The molecule has 1 aliphatic rings. The summed E-state index contributed by atoms with van der Waals surface area (Å²) in [7, 11) is 2.00. The molecule has 0 bridgehead atoms. The van der Waals surface area contributed by atoms with Crippen molar-refractivity contribution in [3.63, 3.8) is 0 Å². The number of amides is 1. The molecule has 1 heterocycles. The number of rotatable bonds is 6. The van der Waals surface area contributed by atoms with Crippen LogP contribution in [0.25, 0.3) is 0 Å². The molecule has 1 N–H and O–H groups in total. The number of hydrogen-bond acceptors (Lipinski definition) is 3. The number of carbonyl (C=O) groups excluding carboxylic acids is 1. The van der Waals surface area contributed by atoms with Gasteiger partial charge in [0.1, 0.15) is 0 Å². The number of nitrogens with one attached hydrogen (secondary N) is 1. The van der Waals surface area contributed by atoms with Crippen molar-refractivity contribution < 1.29 is 4.79 Å². The Bertz CT molecular complexity index is 465. The summed E-state index contributed by atoms with van der Waals surface area (Å²) in [5.74, 6) is 0.863. The van der Waals surface area contributed by atoms with Gasteiger partial charge < -0.3 is 10.2 Å². The largest absolute Gasteiger partial charge is 0.319 e. The van der Waals surface area contributed by atoms with E-state index < -0.39 is 0 Å². The highest BCUT2D eigenvalue weighted by Crippen LogP contribution is 2.19. The summed E-state index contributed by atoms with van der Waals surface area (Å²) in [5, 5.41) is 3.26. The lowest BCUT2D eigenvalue weighted by Crippen LogP contribution is -2.47. The Labute approximate surface area is 146 Å². The first-order valence-electron chi connectivity index (χ1n) is 8.36. The molecule has 0 radical (unpaired) electrons. The van der Waals surface area contributed by atoms with Gasteiger partial charge in [-0.05, 0) is 64.9 Å². The quantitative estimate of drug-likeness (QED) is 0.865. The summed E-state index contributed by atoms with van der Waals surface area (Å²) in [6.07, 6.45) is 2.45. The average molecular weight is 340 g/mol. The molecule has 0 aliphatic carbocycles. The first-order valence-corrected chi connectivity index (χ1v) is 8.36. The molecular formula is C18H30ClN3O. The SMILES string of the molecule is CNCC1CCCN(CC(=O)N(c2ccccc2)C(C)C)C1.Cl. The van der Waals surface area contributed by atoms with E-state index in [1.165, 1.54) is 12.8 Å². The second kappa shape index (κ2) is 9.91. The predicted molar refractivity (Wildman–Crippen MR) is 99.4 cm³/mol. The van der Waals surface area contributed by atoms with E-state index in [4.69, 9.17) is 0 Å². The van der Waals surface area contributed by atoms with Gasteiger partial charge in [-0.3, -0.25) is 9.69 Å². The van der Waals surface area contributed by atoms with Gasteiger partial charge in [0, 0.05) is 18.3 Å². The van der Waals surface area contributed by atoms with Crippen LogP contribution in [0, 0.1) is 5.92 Å². The lowest BCUT2D eigenvalue weighted by atomic mass is 9.98. The Balaban J connectivity index is 0.00000264. The standard InChI is InChI=1S/C18H29N3O.ClH/c1-15(2)21(17-9-5-4-6-10-17)18(22)14-20-11-7-8-16(13-20)12-19-3;/h4-6,9-10,15-16,19H,7-8,11-14H2,1-3H3;1H. The molecule has 1 unspecified atom stereocenters. The van der Waals surface area contributed by atoms with Crippen LogP contribution in [0.3, 0.4) is 0 Å². The summed E-state index contributed by atoms with van der Waals surface area (Å²) in [5.41, 5.74) is 0.992. The van der Waals surface area contributed by atoms with Crippen molar-refractivity contribution in [2.24, 2.45) is 5.92 Å². The zero-order valence-corrected chi connectivity index (χ0v) is 15.3. The van der Waals surface area contributed by atoms with E-state index >= 15 is 0 Å². The van der Waals surface area contributed by atoms with Crippen molar-refractivity contribution >= 4 is 24.0 Å². The Kier molecular flexibility index (Phi) is 8.59. The molecule has 1 aliphatic heterocycles. The van der Waals surface area contributed by atoms with Gasteiger partial charge in [0.15, 0.2) is 0 Å². The molecule has 0 saturated carbocycles. The minimum atomic E-state index is 0. The van der Waals surface area contributed by atoms with E-state index in [0.29, 0.717) is 12.5 Å². The summed E-state index contributed by atoms with van der Waals surface area (Å²) in [4.78, 5) is 17.0. The third-order valence-electron chi connectivity index (χ3n) is 4.27. The highest BCUT2D eigenvalue weighted by atomic mass is 35.5. The number of halogens is 1. The van der Waals surface area contributed by atoms with Crippen LogP contribution in [0.1, 0.15) is 26.7 Å². The lowest BCUT2D eigenvalue weighted by Gasteiger charge is -2.35. The van der Waals surface area contributed by atoms with E-state index in [2.05, 4.69) is 24.1 Å². The number of likely N-dealkylation sites (tertiary alicyclic amines) is 1. The summed E-state index contributed by atoms with van der Waals surface area (Å²) >= 11 is 0.